The number of carbonyl (C=O) groups is 1. The first kappa shape index (κ1) is 28.3. The quantitative estimate of drug-likeness (QED) is 0.371. The molecule has 192 valence electrons. The van der Waals surface area contributed by atoms with Crippen molar-refractivity contribution in [3.63, 3.8) is 0 Å². The van der Waals surface area contributed by atoms with Crippen LogP contribution >= 0.6 is 0 Å². The molecule has 2 rings (SSSR count). The van der Waals surface area contributed by atoms with E-state index in [-0.39, 0.29) is 37.1 Å². The lowest BCUT2D eigenvalue weighted by Gasteiger charge is -2.17. The highest BCUT2D eigenvalue weighted by Gasteiger charge is 2.20. The van der Waals surface area contributed by atoms with Crippen LogP contribution in [-0.4, -0.2) is 59.1 Å². The highest BCUT2D eigenvalue weighted by Crippen LogP contribution is 2.31. The molecule has 0 radical (unpaired) electrons. The first-order chi connectivity index (χ1) is 16.5. The maximum atomic E-state index is 13.5. The largest absolute Gasteiger partial charge is 0.466 e. The summed E-state index contributed by atoms with van der Waals surface area (Å²) in [6.45, 7) is 7.08. The number of aromatic nitrogens is 2. The fraction of sp³-hybridized carbons (Fsp3) is 0.458. The summed E-state index contributed by atoms with van der Waals surface area (Å²) in [5, 5.41) is 20.5. The Hall–Kier alpha value is -2.89. The van der Waals surface area contributed by atoms with Gasteiger partial charge in [0.15, 0.2) is 0 Å². The van der Waals surface area contributed by atoms with E-state index in [0.717, 1.165) is 0 Å². The minimum absolute atomic E-state index is 0.104. The summed E-state index contributed by atoms with van der Waals surface area (Å²) >= 11 is 0. The van der Waals surface area contributed by atoms with Gasteiger partial charge in [-0.15, -0.1) is 0 Å². The molecule has 0 amide bonds. The van der Waals surface area contributed by atoms with Crippen LogP contribution in [-0.2, 0) is 19.6 Å². The molecule has 2 aromatic rings. The van der Waals surface area contributed by atoms with Crippen molar-refractivity contribution in [2.75, 3.05) is 17.1 Å². The Kier molecular flexibility index (Phi) is 10.3. The van der Waals surface area contributed by atoms with Crippen LogP contribution in [0.5, 0.6) is 0 Å². The van der Waals surface area contributed by atoms with E-state index >= 15 is 0 Å². The highest BCUT2D eigenvalue weighted by molar-refractivity contribution is 7.92. The van der Waals surface area contributed by atoms with Crippen LogP contribution in [0.2, 0.25) is 0 Å². The van der Waals surface area contributed by atoms with E-state index in [1.807, 2.05) is 13.8 Å². The molecular formula is C24H32FN3O6S. The number of halogens is 1. The highest BCUT2D eigenvalue weighted by atomic mass is 32.2. The molecule has 11 heteroatoms. The SMILES string of the molecule is CCOC(=O)CC(O)CC(O)/C=C/c1c(-c2ccc(F)cc2)nc(NS(=O)(=O)CC)nc1C(C)C. The standard InChI is InChI=1S/C24H32FN3O6S/c1-5-34-21(31)14-19(30)13-18(29)11-12-20-22(15(3)4)26-24(28-35(32,33)6-2)27-23(20)16-7-9-17(25)10-8-16/h7-12,15,18-19,29-30H,5-6,13-14H2,1-4H3,(H,26,27,28)/b12-11+. The lowest BCUT2D eigenvalue weighted by atomic mass is 9.97. The molecule has 1 aromatic heterocycles. The Bertz CT molecular complexity index is 1140. The summed E-state index contributed by atoms with van der Waals surface area (Å²) in [4.78, 5) is 20.3. The second kappa shape index (κ2) is 12.7. The van der Waals surface area contributed by atoms with Gasteiger partial charge in [0.05, 0.1) is 42.4 Å². The number of carbonyl (C=O) groups excluding carboxylic acids is 1. The third-order valence-electron chi connectivity index (χ3n) is 4.97. The Labute approximate surface area is 205 Å². The average Bonchev–Trinajstić information content (AvgIpc) is 2.77. The molecule has 0 spiro atoms. The predicted molar refractivity (Wildman–Crippen MR) is 132 cm³/mol. The molecule has 3 N–H and O–H groups in total. The third-order valence-corrected chi connectivity index (χ3v) is 6.23. The normalized spacial score (nSPS) is 13.7. The number of rotatable bonds is 12. The zero-order chi connectivity index (χ0) is 26.2. The number of ether oxygens (including phenoxy) is 1. The first-order valence-corrected chi connectivity index (χ1v) is 13.0. The van der Waals surface area contributed by atoms with Crippen molar-refractivity contribution in [1.29, 1.82) is 0 Å². The van der Waals surface area contributed by atoms with E-state index in [0.29, 0.717) is 22.5 Å². The lowest BCUT2D eigenvalue weighted by Crippen LogP contribution is -2.20. The Morgan fingerprint density at radius 2 is 1.83 bits per heavy atom. The summed E-state index contributed by atoms with van der Waals surface area (Å²) < 4.78 is 44.9. The number of esters is 1. The average molecular weight is 510 g/mol. The molecule has 0 saturated carbocycles. The van der Waals surface area contributed by atoms with Crippen LogP contribution in [0.1, 0.15) is 57.7 Å². The van der Waals surface area contributed by atoms with Gasteiger partial charge in [-0.3, -0.25) is 9.52 Å². The van der Waals surface area contributed by atoms with Gasteiger partial charge in [0.2, 0.25) is 16.0 Å². The smallest absolute Gasteiger partial charge is 0.308 e. The zero-order valence-electron chi connectivity index (χ0n) is 20.2. The van der Waals surface area contributed by atoms with Crippen LogP contribution < -0.4 is 4.72 Å². The second-order valence-electron chi connectivity index (χ2n) is 8.19. The first-order valence-electron chi connectivity index (χ1n) is 11.3. The van der Waals surface area contributed by atoms with Crippen molar-refractivity contribution in [2.45, 2.75) is 58.7 Å². The van der Waals surface area contributed by atoms with Crippen molar-refractivity contribution in [1.82, 2.24) is 9.97 Å². The van der Waals surface area contributed by atoms with E-state index in [1.165, 1.54) is 37.3 Å². The number of anilines is 1. The molecule has 0 fully saturated rings. The van der Waals surface area contributed by atoms with E-state index in [2.05, 4.69) is 14.7 Å². The number of hydrogen-bond acceptors (Lipinski definition) is 8. The molecule has 9 nitrogen and oxygen atoms in total. The minimum atomic E-state index is -3.65. The second-order valence-corrected chi connectivity index (χ2v) is 10.2. The summed E-state index contributed by atoms with van der Waals surface area (Å²) in [6.07, 6.45) is 0.464. The van der Waals surface area contributed by atoms with Crippen molar-refractivity contribution < 1.29 is 32.6 Å². The molecule has 0 saturated heterocycles. The molecule has 0 aliphatic heterocycles. The van der Waals surface area contributed by atoms with Crippen LogP contribution in [0.3, 0.4) is 0 Å². The number of benzene rings is 1. The van der Waals surface area contributed by atoms with Gasteiger partial charge in [0.25, 0.3) is 0 Å². The number of nitrogens with one attached hydrogen (secondary N) is 1. The monoisotopic (exact) mass is 509 g/mol. The number of aliphatic hydroxyl groups excluding tert-OH is 2. The van der Waals surface area contributed by atoms with Crippen molar-refractivity contribution >= 4 is 28.0 Å². The fourth-order valence-corrected chi connectivity index (χ4v) is 3.75. The van der Waals surface area contributed by atoms with Crippen LogP contribution in [0, 0.1) is 5.82 Å². The fourth-order valence-electron chi connectivity index (χ4n) is 3.24. The van der Waals surface area contributed by atoms with Gasteiger partial charge in [0, 0.05) is 17.5 Å². The van der Waals surface area contributed by atoms with Gasteiger partial charge in [-0.05, 0) is 44.0 Å². The van der Waals surface area contributed by atoms with E-state index in [9.17, 15) is 27.8 Å². The van der Waals surface area contributed by atoms with E-state index < -0.39 is 34.0 Å². The van der Waals surface area contributed by atoms with Gasteiger partial charge < -0.3 is 14.9 Å². The van der Waals surface area contributed by atoms with Crippen molar-refractivity contribution in [2.24, 2.45) is 0 Å². The van der Waals surface area contributed by atoms with Crippen LogP contribution in [0.25, 0.3) is 17.3 Å². The maximum absolute atomic E-state index is 13.5. The topological polar surface area (TPSA) is 139 Å². The molecule has 2 unspecified atom stereocenters. The maximum Gasteiger partial charge on any atom is 0.308 e. The Balaban J connectivity index is 2.47. The minimum Gasteiger partial charge on any atom is -0.466 e. The molecular weight excluding hydrogens is 477 g/mol. The van der Waals surface area contributed by atoms with Gasteiger partial charge in [-0.25, -0.2) is 22.8 Å². The summed E-state index contributed by atoms with van der Waals surface area (Å²) in [5.41, 5.74) is 1.87. The molecule has 1 heterocycles. The molecule has 1 aromatic carbocycles. The zero-order valence-corrected chi connectivity index (χ0v) is 21.0. The molecule has 0 aliphatic carbocycles. The van der Waals surface area contributed by atoms with Gasteiger partial charge in [0.1, 0.15) is 5.82 Å². The molecule has 2 atom stereocenters. The molecule has 35 heavy (non-hydrogen) atoms. The number of aliphatic hydroxyl groups is 2. The van der Waals surface area contributed by atoms with Crippen molar-refractivity contribution in [3.05, 3.63) is 47.4 Å². The van der Waals surface area contributed by atoms with E-state index in [4.69, 9.17) is 4.74 Å². The summed E-state index contributed by atoms with van der Waals surface area (Å²) in [5.74, 6) is -1.44. The van der Waals surface area contributed by atoms with Crippen molar-refractivity contribution in [3.8, 4) is 11.3 Å². The third kappa shape index (κ3) is 8.68. The number of hydrogen-bond donors (Lipinski definition) is 3. The Morgan fingerprint density at radius 1 is 1.17 bits per heavy atom. The number of sulfonamides is 1. The Morgan fingerprint density at radius 3 is 2.40 bits per heavy atom. The van der Waals surface area contributed by atoms with Crippen LogP contribution in [0.4, 0.5) is 10.3 Å². The van der Waals surface area contributed by atoms with Gasteiger partial charge in [-0.2, -0.15) is 0 Å². The number of nitrogens with zero attached hydrogens (tertiary/aromatic N) is 2. The molecule has 0 aliphatic rings. The summed E-state index contributed by atoms with van der Waals surface area (Å²) in [6, 6.07) is 5.54. The van der Waals surface area contributed by atoms with Gasteiger partial charge in [-0.1, -0.05) is 26.0 Å². The molecule has 0 bridgehead atoms. The van der Waals surface area contributed by atoms with Crippen LogP contribution in [0.15, 0.2) is 30.3 Å². The van der Waals surface area contributed by atoms with E-state index in [1.54, 1.807) is 13.0 Å². The lowest BCUT2D eigenvalue weighted by molar-refractivity contribution is -0.145. The predicted octanol–water partition coefficient (Wildman–Crippen LogP) is 3.25. The summed E-state index contributed by atoms with van der Waals surface area (Å²) in [7, 11) is -3.65. The van der Waals surface area contributed by atoms with Gasteiger partial charge >= 0.3 is 5.97 Å².